The van der Waals surface area contributed by atoms with Crippen LogP contribution in [-0.2, 0) is 0 Å². The van der Waals surface area contributed by atoms with Gasteiger partial charge in [0.05, 0.1) is 12.4 Å². The molecule has 5 nitrogen and oxygen atoms in total. The lowest BCUT2D eigenvalue weighted by molar-refractivity contribution is 0.0690. The third-order valence-electron chi connectivity index (χ3n) is 2.21. The van der Waals surface area contributed by atoms with Gasteiger partial charge in [-0.1, -0.05) is 12.2 Å². The first kappa shape index (κ1) is 9.64. The minimum atomic E-state index is -1.06. The average Bonchev–Trinajstić information content (AvgIpc) is 2.71. The van der Waals surface area contributed by atoms with Crippen molar-refractivity contribution in [2.75, 3.05) is 5.32 Å². The lowest BCUT2D eigenvalue weighted by Crippen LogP contribution is -2.17. The van der Waals surface area contributed by atoms with Crippen molar-refractivity contribution in [1.29, 1.82) is 0 Å². The molecule has 15 heavy (non-hydrogen) atoms. The molecule has 78 valence electrons. The van der Waals surface area contributed by atoms with Gasteiger partial charge in [-0.05, 0) is 12.8 Å². The van der Waals surface area contributed by atoms with Crippen LogP contribution in [0.3, 0.4) is 0 Å². The van der Waals surface area contributed by atoms with Gasteiger partial charge in [0.2, 0.25) is 0 Å². The van der Waals surface area contributed by atoms with Crippen LogP contribution >= 0.6 is 0 Å². The fraction of sp³-hybridized carbons (Fsp3) is 0.300. The molecule has 0 atom stereocenters. The van der Waals surface area contributed by atoms with Gasteiger partial charge in [-0.3, -0.25) is 4.98 Å². The van der Waals surface area contributed by atoms with Crippen LogP contribution in [0.2, 0.25) is 0 Å². The van der Waals surface area contributed by atoms with Gasteiger partial charge < -0.3 is 10.4 Å². The number of nitrogens with one attached hydrogen (secondary N) is 1. The van der Waals surface area contributed by atoms with Gasteiger partial charge in [-0.15, -0.1) is 0 Å². The van der Waals surface area contributed by atoms with Crippen LogP contribution in [0.15, 0.2) is 24.5 Å². The molecule has 0 aromatic carbocycles. The molecular formula is C10H11N3O2. The van der Waals surface area contributed by atoms with Crippen molar-refractivity contribution in [2.45, 2.75) is 18.9 Å². The summed E-state index contributed by atoms with van der Waals surface area (Å²) in [6, 6.07) is 0.309. The Morgan fingerprint density at radius 3 is 2.80 bits per heavy atom. The SMILES string of the molecule is O=C(O)c1cncc(NC2CC=CC2)n1. The van der Waals surface area contributed by atoms with Gasteiger partial charge in [-0.25, -0.2) is 9.78 Å². The van der Waals surface area contributed by atoms with Crippen LogP contribution in [0.4, 0.5) is 5.82 Å². The van der Waals surface area contributed by atoms with E-state index in [4.69, 9.17) is 5.11 Å². The number of aromatic nitrogens is 2. The molecule has 0 saturated carbocycles. The van der Waals surface area contributed by atoms with Crippen molar-refractivity contribution in [3.05, 3.63) is 30.2 Å². The van der Waals surface area contributed by atoms with Crippen molar-refractivity contribution in [2.24, 2.45) is 0 Å². The molecule has 1 aliphatic carbocycles. The first-order valence-electron chi connectivity index (χ1n) is 4.72. The molecule has 0 aliphatic heterocycles. The molecule has 0 radical (unpaired) electrons. The number of hydrogen-bond donors (Lipinski definition) is 2. The Hall–Kier alpha value is -1.91. The Bertz CT molecular complexity index is 395. The second-order valence-electron chi connectivity index (χ2n) is 3.38. The van der Waals surface area contributed by atoms with E-state index < -0.39 is 5.97 Å². The molecule has 5 heteroatoms. The van der Waals surface area contributed by atoms with Gasteiger partial charge in [0.1, 0.15) is 5.82 Å². The van der Waals surface area contributed by atoms with Crippen molar-refractivity contribution >= 4 is 11.8 Å². The van der Waals surface area contributed by atoms with Gasteiger partial charge in [0.25, 0.3) is 0 Å². The molecule has 0 unspecified atom stereocenters. The Morgan fingerprint density at radius 1 is 1.40 bits per heavy atom. The fourth-order valence-electron chi connectivity index (χ4n) is 1.48. The zero-order valence-electron chi connectivity index (χ0n) is 8.05. The summed E-state index contributed by atoms with van der Waals surface area (Å²) in [6.07, 6.45) is 8.83. The Morgan fingerprint density at radius 2 is 2.13 bits per heavy atom. The zero-order chi connectivity index (χ0) is 10.7. The van der Waals surface area contributed by atoms with Crippen LogP contribution in [0.5, 0.6) is 0 Å². The molecule has 1 aromatic rings. The third kappa shape index (κ3) is 2.31. The Balaban J connectivity index is 2.07. The highest BCUT2D eigenvalue weighted by atomic mass is 16.4. The Labute approximate surface area is 86.9 Å². The molecule has 2 rings (SSSR count). The maximum atomic E-state index is 10.6. The lowest BCUT2D eigenvalue weighted by atomic mass is 10.2. The molecule has 0 fully saturated rings. The van der Waals surface area contributed by atoms with Gasteiger partial charge >= 0.3 is 5.97 Å². The number of hydrogen-bond acceptors (Lipinski definition) is 4. The number of carboxylic acids is 1. The summed E-state index contributed by atoms with van der Waals surface area (Å²) < 4.78 is 0. The highest BCUT2D eigenvalue weighted by molar-refractivity contribution is 5.85. The predicted octanol–water partition coefficient (Wildman–Crippen LogP) is 1.31. The fourth-order valence-corrected chi connectivity index (χ4v) is 1.48. The largest absolute Gasteiger partial charge is 0.476 e. The van der Waals surface area contributed by atoms with E-state index in [1.54, 1.807) is 0 Å². The summed E-state index contributed by atoms with van der Waals surface area (Å²) in [6.45, 7) is 0. The molecule has 0 spiro atoms. The van der Waals surface area contributed by atoms with Crippen LogP contribution < -0.4 is 5.32 Å². The van der Waals surface area contributed by atoms with E-state index >= 15 is 0 Å². The highest BCUT2D eigenvalue weighted by Gasteiger charge is 2.12. The lowest BCUT2D eigenvalue weighted by Gasteiger charge is -2.12. The summed E-state index contributed by atoms with van der Waals surface area (Å²) in [5.41, 5.74) is -0.0362. The summed E-state index contributed by atoms with van der Waals surface area (Å²) in [5, 5.41) is 11.9. The van der Waals surface area contributed by atoms with Crippen LogP contribution in [0.1, 0.15) is 23.3 Å². The minimum absolute atomic E-state index is 0.0362. The van der Waals surface area contributed by atoms with E-state index in [9.17, 15) is 4.79 Å². The van der Waals surface area contributed by atoms with Crippen molar-refractivity contribution < 1.29 is 9.90 Å². The number of anilines is 1. The third-order valence-corrected chi connectivity index (χ3v) is 2.21. The summed E-state index contributed by atoms with van der Waals surface area (Å²) >= 11 is 0. The average molecular weight is 205 g/mol. The van der Waals surface area contributed by atoms with Gasteiger partial charge in [-0.2, -0.15) is 0 Å². The van der Waals surface area contributed by atoms with Gasteiger partial charge in [0.15, 0.2) is 5.69 Å². The van der Waals surface area contributed by atoms with E-state index in [1.165, 1.54) is 12.4 Å². The summed E-state index contributed by atoms with van der Waals surface area (Å²) in [5.74, 6) is -0.542. The zero-order valence-corrected chi connectivity index (χ0v) is 8.05. The molecule has 2 N–H and O–H groups in total. The van der Waals surface area contributed by atoms with Crippen molar-refractivity contribution in [3.63, 3.8) is 0 Å². The number of aromatic carboxylic acids is 1. The number of carbonyl (C=O) groups is 1. The minimum Gasteiger partial charge on any atom is -0.476 e. The van der Waals surface area contributed by atoms with Crippen molar-refractivity contribution in [3.8, 4) is 0 Å². The predicted molar refractivity (Wildman–Crippen MR) is 54.8 cm³/mol. The molecule has 1 heterocycles. The maximum Gasteiger partial charge on any atom is 0.356 e. The van der Waals surface area contributed by atoms with E-state index in [2.05, 4.69) is 27.4 Å². The monoisotopic (exact) mass is 205 g/mol. The molecule has 0 amide bonds. The summed E-state index contributed by atoms with van der Waals surface area (Å²) in [7, 11) is 0. The molecule has 0 bridgehead atoms. The maximum absolute atomic E-state index is 10.6. The number of carboxylic acid groups (broad SMARTS) is 1. The Kier molecular flexibility index (Phi) is 2.62. The summed E-state index contributed by atoms with van der Waals surface area (Å²) in [4.78, 5) is 18.4. The smallest absolute Gasteiger partial charge is 0.356 e. The number of nitrogens with zero attached hydrogens (tertiary/aromatic N) is 2. The molecular weight excluding hydrogens is 194 g/mol. The molecule has 1 aliphatic rings. The van der Waals surface area contributed by atoms with E-state index in [0.717, 1.165) is 12.8 Å². The van der Waals surface area contributed by atoms with Gasteiger partial charge in [0, 0.05) is 6.04 Å². The van der Waals surface area contributed by atoms with E-state index in [1.807, 2.05) is 0 Å². The second-order valence-corrected chi connectivity index (χ2v) is 3.38. The number of rotatable bonds is 3. The second kappa shape index (κ2) is 4.08. The highest BCUT2D eigenvalue weighted by Crippen LogP contribution is 2.14. The quantitative estimate of drug-likeness (QED) is 0.727. The van der Waals surface area contributed by atoms with E-state index in [-0.39, 0.29) is 5.69 Å². The van der Waals surface area contributed by atoms with E-state index in [0.29, 0.717) is 11.9 Å². The molecule has 1 aromatic heterocycles. The first-order valence-corrected chi connectivity index (χ1v) is 4.72. The normalized spacial score (nSPS) is 15.5. The molecule has 0 saturated heterocycles. The van der Waals surface area contributed by atoms with Crippen molar-refractivity contribution in [1.82, 2.24) is 9.97 Å². The van der Waals surface area contributed by atoms with Crippen LogP contribution in [0.25, 0.3) is 0 Å². The standard InChI is InChI=1S/C10H11N3O2/c14-10(15)8-5-11-6-9(13-8)12-7-3-1-2-4-7/h1-2,5-7H,3-4H2,(H,12,13)(H,14,15). The topological polar surface area (TPSA) is 75.1 Å². The van der Waals surface area contributed by atoms with Crippen LogP contribution in [-0.4, -0.2) is 27.1 Å². The first-order chi connectivity index (χ1) is 7.25. The van der Waals surface area contributed by atoms with Crippen LogP contribution in [0, 0.1) is 0 Å².